The summed E-state index contributed by atoms with van der Waals surface area (Å²) >= 11 is 1.49. The van der Waals surface area contributed by atoms with Crippen LogP contribution in [0, 0.1) is 18.3 Å². The van der Waals surface area contributed by atoms with Gasteiger partial charge < -0.3 is 14.5 Å². The van der Waals surface area contributed by atoms with Crippen molar-refractivity contribution in [3.05, 3.63) is 39.7 Å². The molecule has 2 aromatic rings. The summed E-state index contributed by atoms with van der Waals surface area (Å²) in [5.41, 5.74) is 1.76. The maximum atomic E-state index is 12.6. The van der Waals surface area contributed by atoms with Gasteiger partial charge in [0, 0.05) is 4.88 Å². The lowest BCUT2D eigenvalue weighted by molar-refractivity contribution is 0.0526. The van der Waals surface area contributed by atoms with Gasteiger partial charge in [0.05, 0.1) is 12.2 Å². The van der Waals surface area contributed by atoms with Gasteiger partial charge in [0.15, 0.2) is 5.76 Å². The van der Waals surface area contributed by atoms with Crippen LogP contribution in [0.4, 0.5) is 5.00 Å². The van der Waals surface area contributed by atoms with Crippen molar-refractivity contribution >= 4 is 28.2 Å². The zero-order chi connectivity index (χ0) is 19.8. The molecule has 3 rings (SSSR count). The standard InChI is InChI=1S/C21H27NO4S/c1-6-25-20(24)17-14-9-8-13(21(3,4)5)11-16(14)27-19(17)22-18(23)15-10-7-12(2)26-15/h7,10,13H,6,8-9,11H2,1-5H3,(H,22,23). The Morgan fingerprint density at radius 3 is 2.67 bits per heavy atom. The summed E-state index contributed by atoms with van der Waals surface area (Å²) in [4.78, 5) is 26.3. The average Bonchev–Trinajstić information content (AvgIpc) is 3.16. The summed E-state index contributed by atoms with van der Waals surface area (Å²) in [5.74, 6) is 0.746. The number of amides is 1. The number of thiophene rings is 1. The lowest BCUT2D eigenvalue weighted by Gasteiger charge is -2.33. The third-order valence-electron chi connectivity index (χ3n) is 5.16. The SMILES string of the molecule is CCOC(=O)c1c(NC(=O)c2ccc(C)o2)sc2c1CCC(C(C)(C)C)C2. The minimum atomic E-state index is -0.366. The molecule has 0 saturated carbocycles. The molecule has 0 aromatic carbocycles. The van der Waals surface area contributed by atoms with Gasteiger partial charge in [0.2, 0.25) is 0 Å². The first-order valence-electron chi connectivity index (χ1n) is 9.40. The topological polar surface area (TPSA) is 68.5 Å². The van der Waals surface area contributed by atoms with Gasteiger partial charge in [-0.25, -0.2) is 4.79 Å². The van der Waals surface area contributed by atoms with E-state index < -0.39 is 0 Å². The van der Waals surface area contributed by atoms with Crippen molar-refractivity contribution in [2.75, 3.05) is 11.9 Å². The molecule has 0 saturated heterocycles. The molecule has 0 radical (unpaired) electrons. The second kappa shape index (κ2) is 7.50. The Bertz CT molecular complexity index is 856. The predicted molar refractivity (Wildman–Crippen MR) is 107 cm³/mol. The van der Waals surface area contributed by atoms with E-state index in [-0.39, 0.29) is 23.1 Å². The molecule has 0 fully saturated rings. The van der Waals surface area contributed by atoms with Crippen LogP contribution in [0.3, 0.4) is 0 Å². The number of rotatable bonds is 4. The largest absolute Gasteiger partial charge is 0.462 e. The van der Waals surface area contributed by atoms with E-state index in [0.717, 1.165) is 24.8 Å². The van der Waals surface area contributed by atoms with Crippen molar-refractivity contribution in [1.29, 1.82) is 0 Å². The van der Waals surface area contributed by atoms with Crippen LogP contribution in [-0.2, 0) is 17.6 Å². The zero-order valence-electron chi connectivity index (χ0n) is 16.6. The van der Waals surface area contributed by atoms with Crippen molar-refractivity contribution in [3.63, 3.8) is 0 Å². The number of aryl methyl sites for hydroxylation is 1. The fourth-order valence-electron chi connectivity index (χ4n) is 3.55. The van der Waals surface area contributed by atoms with Crippen molar-refractivity contribution in [3.8, 4) is 0 Å². The molecule has 5 nitrogen and oxygen atoms in total. The highest BCUT2D eigenvalue weighted by Crippen LogP contribution is 2.44. The summed E-state index contributed by atoms with van der Waals surface area (Å²) in [7, 11) is 0. The number of nitrogens with one attached hydrogen (secondary N) is 1. The van der Waals surface area contributed by atoms with Crippen molar-refractivity contribution in [2.24, 2.45) is 11.3 Å². The molecule has 1 N–H and O–H groups in total. The molecule has 1 atom stereocenters. The maximum Gasteiger partial charge on any atom is 0.341 e. The second-order valence-electron chi connectivity index (χ2n) is 8.10. The van der Waals surface area contributed by atoms with Gasteiger partial charge in [-0.2, -0.15) is 0 Å². The number of anilines is 1. The molecule has 27 heavy (non-hydrogen) atoms. The van der Waals surface area contributed by atoms with Crippen molar-refractivity contribution in [2.45, 2.75) is 53.9 Å². The van der Waals surface area contributed by atoms with Gasteiger partial charge in [-0.3, -0.25) is 4.79 Å². The van der Waals surface area contributed by atoms with Crippen molar-refractivity contribution < 1.29 is 18.7 Å². The number of hydrogen-bond donors (Lipinski definition) is 1. The number of hydrogen-bond acceptors (Lipinski definition) is 5. The number of carbonyl (C=O) groups is 2. The van der Waals surface area contributed by atoms with E-state index in [2.05, 4.69) is 26.1 Å². The third kappa shape index (κ3) is 4.10. The Kier molecular flexibility index (Phi) is 5.47. The first-order chi connectivity index (χ1) is 12.7. The van der Waals surface area contributed by atoms with E-state index in [9.17, 15) is 9.59 Å². The lowest BCUT2D eigenvalue weighted by Crippen LogP contribution is -2.26. The fourth-order valence-corrected chi connectivity index (χ4v) is 4.86. The highest BCUT2D eigenvalue weighted by molar-refractivity contribution is 7.17. The predicted octanol–water partition coefficient (Wildman–Crippen LogP) is 5.23. The van der Waals surface area contributed by atoms with Crippen LogP contribution in [0.15, 0.2) is 16.5 Å². The Morgan fingerprint density at radius 2 is 2.07 bits per heavy atom. The molecule has 6 heteroatoms. The summed E-state index contributed by atoms with van der Waals surface area (Å²) in [6, 6.07) is 3.38. The zero-order valence-corrected chi connectivity index (χ0v) is 17.4. The van der Waals surface area contributed by atoms with Crippen LogP contribution in [0.2, 0.25) is 0 Å². The van der Waals surface area contributed by atoms with Crippen LogP contribution in [-0.4, -0.2) is 18.5 Å². The molecule has 1 amide bonds. The van der Waals surface area contributed by atoms with E-state index in [1.54, 1.807) is 26.0 Å². The van der Waals surface area contributed by atoms with Gasteiger partial charge in [-0.05, 0) is 62.1 Å². The molecule has 0 bridgehead atoms. The number of esters is 1. The van der Waals surface area contributed by atoms with Gasteiger partial charge in [-0.15, -0.1) is 11.3 Å². The molecule has 2 aromatic heterocycles. The number of ether oxygens (including phenoxy) is 1. The normalized spacial score (nSPS) is 16.7. The Hall–Kier alpha value is -2.08. The molecule has 0 aliphatic heterocycles. The molecule has 146 valence electrons. The monoisotopic (exact) mass is 389 g/mol. The maximum absolute atomic E-state index is 12.6. The van der Waals surface area contributed by atoms with E-state index in [4.69, 9.17) is 9.15 Å². The minimum absolute atomic E-state index is 0.209. The van der Waals surface area contributed by atoms with Crippen molar-refractivity contribution in [1.82, 2.24) is 0 Å². The van der Waals surface area contributed by atoms with Gasteiger partial charge in [0.1, 0.15) is 10.8 Å². The Labute approximate surface area is 164 Å². The highest BCUT2D eigenvalue weighted by atomic mass is 32.1. The minimum Gasteiger partial charge on any atom is -0.462 e. The van der Waals surface area contributed by atoms with E-state index in [1.165, 1.54) is 16.2 Å². The summed E-state index contributed by atoms with van der Waals surface area (Å²) in [6.45, 7) is 10.6. The van der Waals surface area contributed by atoms with E-state index in [1.807, 2.05) is 0 Å². The van der Waals surface area contributed by atoms with Crippen LogP contribution in [0.25, 0.3) is 0 Å². The van der Waals surface area contributed by atoms with Crippen LogP contribution < -0.4 is 5.32 Å². The van der Waals surface area contributed by atoms with Gasteiger partial charge >= 0.3 is 5.97 Å². The number of carbonyl (C=O) groups excluding carboxylic acids is 2. The van der Waals surface area contributed by atoms with Crippen LogP contribution in [0.1, 0.15) is 71.2 Å². The first kappa shape index (κ1) is 19.7. The molecular weight excluding hydrogens is 362 g/mol. The summed E-state index contributed by atoms with van der Waals surface area (Å²) in [5, 5.41) is 3.44. The van der Waals surface area contributed by atoms with E-state index >= 15 is 0 Å². The first-order valence-corrected chi connectivity index (χ1v) is 10.2. The smallest absolute Gasteiger partial charge is 0.341 e. The molecule has 1 aliphatic rings. The lowest BCUT2D eigenvalue weighted by atomic mass is 9.72. The Morgan fingerprint density at radius 1 is 1.33 bits per heavy atom. The van der Waals surface area contributed by atoms with Crippen LogP contribution >= 0.6 is 11.3 Å². The molecule has 2 heterocycles. The quantitative estimate of drug-likeness (QED) is 0.727. The highest BCUT2D eigenvalue weighted by Gasteiger charge is 2.34. The summed E-state index contributed by atoms with van der Waals surface area (Å²) < 4.78 is 10.7. The Balaban J connectivity index is 1.94. The second-order valence-corrected chi connectivity index (χ2v) is 9.20. The molecule has 1 aliphatic carbocycles. The average molecular weight is 390 g/mol. The molecule has 0 spiro atoms. The third-order valence-corrected chi connectivity index (χ3v) is 6.33. The number of furan rings is 1. The molecular formula is C21H27NO4S. The summed E-state index contributed by atoms with van der Waals surface area (Å²) in [6.07, 6.45) is 2.79. The van der Waals surface area contributed by atoms with Gasteiger partial charge in [0.25, 0.3) is 5.91 Å². The number of fused-ring (bicyclic) bond motifs is 1. The molecule has 1 unspecified atom stereocenters. The fraction of sp³-hybridized carbons (Fsp3) is 0.524. The van der Waals surface area contributed by atoms with E-state index in [0.29, 0.717) is 28.8 Å². The van der Waals surface area contributed by atoms with Gasteiger partial charge in [-0.1, -0.05) is 20.8 Å². The van der Waals surface area contributed by atoms with Crippen LogP contribution in [0.5, 0.6) is 0 Å².